The maximum atomic E-state index is 6.27. The van der Waals surface area contributed by atoms with E-state index < -0.39 is 0 Å². The molecular weight excluding hydrogens is 375 g/mol. The van der Waals surface area contributed by atoms with E-state index in [0.29, 0.717) is 26.2 Å². The molecule has 0 fully saturated rings. The molecule has 0 atom stereocenters. The summed E-state index contributed by atoms with van der Waals surface area (Å²) in [7, 11) is 0. The average molecular weight is 389 g/mol. The molecule has 1 N–H and O–H groups in total. The molecule has 2 aromatic carbocycles. The Bertz CT molecular complexity index is 1000. The van der Waals surface area contributed by atoms with E-state index in [2.05, 4.69) is 15.3 Å². The van der Waals surface area contributed by atoms with Crippen molar-refractivity contribution in [2.75, 3.05) is 0 Å². The van der Waals surface area contributed by atoms with Gasteiger partial charge in [0.2, 0.25) is 4.77 Å². The van der Waals surface area contributed by atoms with Gasteiger partial charge in [-0.3, -0.25) is 0 Å². The number of halogens is 2. The summed E-state index contributed by atoms with van der Waals surface area (Å²) in [5, 5.41) is 12.4. The Hall–Kier alpha value is -2.21. The van der Waals surface area contributed by atoms with E-state index in [-0.39, 0.29) is 0 Å². The van der Waals surface area contributed by atoms with Crippen molar-refractivity contribution in [1.82, 2.24) is 14.9 Å². The smallest absolute Gasteiger partial charge is 0.216 e. The predicted molar refractivity (Wildman–Crippen MR) is 107 cm³/mol. The van der Waals surface area contributed by atoms with Crippen molar-refractivity contribution >= 4 is 47.7 Å². The average Bonchev–Trinajstić information content (AvgIpc) is 2.94. The second-order valence-electron chi connectivity index (χ2n) is 5.33. The quantitative estimate of drug-likeness (QED) is 0.449. The van der Waals surface area contributed by atoms with E-state index in [0.717, 1.165) is 11.1 Å². The number of aromatic nitrogens is 3. The van der Waals surface area contributed by atoms with E-state index in [1.54, 1.807) is 24.4 Å². The van der Waals surface area contributed by atoms with Crippen LogP contribution in [0.3, 0.4) is 0 Å². The summed E-state index contributed by atoms with van der Waals surface area (Å²) < 4.78 is 1.91. The highest BCUT2D eigenvalue weighted by Crippen LogP contribution is 2.29. The first-order valence-electron chi connectivity index (χ1n) is 7.45. The molecule has 25 heavy (non-hydrogen) atoms. The lowest BCUT2D eigenvalue weighted by atomic mass is 10.1. The number of allylic oxidation sites excluding steroid dienone is 1. The highest BCUT2D eigenvalue weighted by Gasteiger charge is 2.12. The zero-order chi connectivity index (χ0) is 17.8. The fourth-order valence-corrected chi connectivity index (χ4v) is 2.91. The normalized spacial score (nSPS) is 12.0. The molecule has 0 unspecified atom stereocenters. The Morgan fingerprint density at radius 1 is 1.20 bits per heavy atom. The molecule has 1 heterocycles. The molecule has 3 aromatic rings. The molecule has 3 rings (SSSR count). The lowest BCUT2D eigenvalue weighted by Gasteiger charge is -2.04. The van der Waals surface area contributed by atoms with Crippen molar-refractivity contribution in [3.63, 3.8) is 0 Å². The highest BCUT2D eigenvalue weighted by atomic mass is 35.5. The van der Waals surface area contributed by atoms with Crippen LogP contribution in [0.1, 0.15) is 12.5 Å². The first-order valence-corrected chi connectivity index (χ1v) is 8.61. The lowest BCUT2D eigenvalue weighted by Crippen LogP contribution is -1.95. The third-order valence-electron chi connectivity index (χ3n) is 3.39. The van der Waals surface area contributed by atoms with Crippen LogP contribution in [0.2, 0.25) is 10.0 Å². The van der Waals surface area contributed by atoms with Crippen molar-refractivity contribution in [3.05, 3.63) is 74.5 Å². The van der Waals surface area contributed by atoms with Gasteiger partial charge in [0, 0.05) is 10.6 Å². The minimum Gasteiger partial charge on any atom is -0.250 e. The number of nitrogens with one attached hydrogen (secondary N) is 1. The predicted octanol–water partition coefficient (Wildman–Crippen LogP) is 5.85. The Labute approximate surface area is 160 Å². The molecule has 0 saturated carbocycles. The topological polar surface area (TPSA) is 46.0 Å². The number of hydrogen-bond donors (Lipinski definition) is 1. The van der Waals surface area contributed by atoms with Gasteiger partial charge in [-0.25, -0.2) is 5.10 Å². The second kappa shape index (κ2) is 7.78. The molecule has 4 nitrogen and oxygen atoms in total. The van der Waals surface area contributed by atoms with Gasteiger partial charge < -0.3 is 0 Å². The van der Waals surface area contributed by atoms with Gasteiger partial charge in [-0.05, 0) is 48.5 Å². The summed E-state index contributed by atoms with van der Waals surface area (Å²) >= 11 is 17.5. The zero-order valence-corrected chi connectivity index (χ0v) is 15.6. The Balaban J connectivity index is 1.95. The summed E-state index contributed by atoms with van der Waals surface area (Å²) in [5.41, 5.74) is 2.77. The van der Waals surface area contributed by atoms with Crippen LogP contribution in [-0.2, 0) is 0 Å². The number of aromatic amines is 1. The lowest BCUT2D eigenvalue weighted by molar-refractivity contribution is 0.871. The van der Waals surface area contributed by atoms with Gasteiger partial charge in [0.15, 0.2) is 5.82 Å². The van der Waals surface area contributed by atoms with Gasteiger partial charge in [0.25, 0.3) is 0 Å². The van der Waals surface area contributed by atoms with Crippen molar-refractivity contribution in [1.29, 1.82) is 0 Å². The first kappa shape index (κ1) is 17.6. The molecule has 0 amide bonds. The second-order valence-corrected chi connectivity index (χ2v) is 6.56. The summed E-state index contributed by atoms with van der Waals surface area (Å²) in [6.45, 7) is 1.97. The zero-order valence-electron chi connectivity index (χ0n) is 13.3. The van der Waals surface area contributed by atoms with E-state index >= 15 is 0 Å². The molecule has 0 saturated heterocycles. The van der Waals surface area contributed by atoms with Crippen LogP contribution in [-0.4, -0.2) is 21.1 Å². The van der Waals surface area contributed by atoms with Crippen LogP contribution in [0, 0.1) is 4.77 Å². The van der Waals surface area contributed by atoms with Gasteiger partial charge in [-0.1, -0.05) is 59.6 Å². The van der Waals surface area contributed by atoms with Gasteiger partial charge in [0.1, 0.15) is 0 Å². The van der Waals surface area contributed by atoms with Gasteiger partial charge in [-0.15, -0.1) is 0 Å². The summed E-state index contributed by atoms with van der Waals surface area (Å²) in [4.78, 5) is 0. The summed E-state index contributed by atoms with van der Waals surface area (Å²) in [6.07, 6.45) is 3.76. The minimum absolute atomic E-state index is 0.379. The van der Waals surface area contributed by atoms with Crippen LogP contribution in [0.5, 0.6) is 0 Å². The van der Waals surface area contributed by atoms with Gasteiger partial charge in [0.05, 0.1) is 11.2 Å². The standard InChI is InChI=1S/C18H14Cl2N4S/c1-12(9-13-5-3-2-4-6-13)11-21-24-17(22-23-18(24)25)15-8-7-14(19)10-16(15)20/h2-11H,1H3,(H,23,25)/b12-9+,21-11+. The molecule has 0 aliphatic heterocycles. The van der Waals surface area contributed by atoms with Crippen LogP contribution in [0.25, 0.3) is 17.5 Å². The largest absolute Gasteiger partial charge is 0.250 e. The third-order valence-corrected chi connectivity index (χ3v) is 4.21. The highest BCUT2D eigenvalue weighted by molar-refractivity contribution is 7.71. The molecular formula is C18H14Cl2N4S. The Morgan fingerprint density at radius 2 is 1.96 bits per heavy atom. The van der Waals surface area contributed by atoms with Crippen LogP contribution in [0.4, 0.5) is 0 Å². The van der Waals surface area contributed by atoms with Gasteiger partial charge in [-0.2, -0.15) is 14.9 Å². The van der Waals surface area contributed by atoms with Crippen LogP contribution >= 0.6 is 35.4 Å². The maximum Gasteiger partial charge on any atom is 0.216 e. The monoisotopic (exact) mass is 388 g/mol. The molecule has 126 valence electrons. The summed E-state index contributed by atoms with van der Waals surface area (Å²) in [6, 6.07) is 15.2. The van der Waals surface area contributed by atoms with E-state index in [4.69, 9.17) is 35.4 Å². The number of hydrogen-bond acceptors (Lipinski definition) is 3. The van der Waals surface area contributed by atoms with Crippen molar-refractivity contribution in [3.8, 4) is 11.4 Å². The molecule has 7 heteroatoms. The van der Waals surface area contributed by atoms with Crippen molar-refractivity contribution in [2.45, 2.75) is 6.92 Å². The Kier molecular flexibility index (Phi) is 5.48. The van der Waals surface area contributed by atoms with Gasteiger partial charge >= 0.3 is 0 Å². The van der Waals surface area contributed by atoms with E-state index in [1.165, 1.54) is 4.68 Å². The number of nitrogens with zero attached hydrogens (tertiary/aromatic N) is 3. The molecule has 0 aliphatic rings. The first-order chi connectivity index (χ1) is 12.0. The van der Waals surface area contributed by atoms with Crippen LogP contribution in [0.15, 0.2) is 59.2 Å². The molecule has 0 bridgehead atoms. The fraction of sp³-hybridized carbons (Fsp3) is 0.0556. The van der Waals surface area contributed by atoms with E-state index in [1.807, 2.05) is 43.3 Å². The van der Waals surface area contributed by atoms with Crippen molar-refractivity contribution in [2.24, 2.45) is 5.10 Å². The molecule has 0 aliphatic carbocycles. The summed E-state index contributed by atoms with van der Waals surface area (Å²) in [5.74, 6) is 0.524. The third kappa shape index (κ3) is 4.25. The van der Waals surface area contributed by atoms with E-state index in [9.17, 15) is 0 Å². The van der Waals surface area contributed by atoms with Crippen molar-refractivity contribution < 1.29 is 0 Å². The molecule has 0 radical (unpaired) electrons. The molecule has 1 aromatic heterocycles. The Morgan fingerprint density at radius 3 is 2.68 bits per heavy atom. The number of rotatable bonds is 4. The maximum absolute atomic E-state index is 6.27. The molecule has 0 spiro atoms. The fourth-order valence-electron chi connectivity index (χ4n) is 2.24. The number of benzene rings is 2. The van der Waals surface area contributed by atoms with Crippen LogP contribution < -0.4 is 0 Å². The minimum atomic E-state index is 0.379. The number of H-pyrrole nitrogens is 1. The SMILES string of the molecule is CC(/C=N/n1c(-c2ccc(Cl)cc2Cl)n[nH]c1=S)=C\c1ccccc1.